The summed E-state index contributed by atoms with van der Waals surface area (Å²) in [6.07, 6.45) is 3.71. The van der Waals surface area contributed by atoms with E-state index < -0.39 is 21.0 Å². The highest BCUT2D eigenvalue weighted by atomic mass is 32.2. The quantitative estimate of drug-likeness (QED) is 0.547. The number of sulfone groups is 1. The van der Waals surface area contributed by atoms with Crippen LogP contribution in [0.3, 0.4) is 0 Å². The molecule has 4 rings (SSSR count). The molecule has 3 heterocycles. The van der Waals surface area contributed by atoms with Crippen LogP contribution in [0, 0.1) is 0 Å². The Morgan fingerprint density at radius 2 is 2.10 bits per heavy atom. The van der Waals surface area contributed by atoms with Crippen LogP contribution >= 0.6 is 0 Å². The summed E-state index contributed by atoms with van der Waals surface area (Å²) in [5.41, 5.74) is 1.13. The third-order valence-electron chi connectivity index (χ3n) is 5.00. The van der Waals surface area contributed by atoms with E-state index in [1.54, 1.807) is 37.4 Å². The van der Waals surface area contributed by atoms with Crippen molar-refractivity contribution in [3.05, 3.63) is 30.3 Å². The van der Waals surface area contributed by atoms with Crippen molar-refractivity contribution in [3.63, 3.8) is 0 Å². The van der Waals surface area contributed by atoms with E-state index >= 15 is 0 Å². The van der Waals surface area contributed by atoms with Crippen LogP contribution in [0.5, 0.6) is 0 Å². The average molecular weight is 450 g/mol. The van der Waals surface area contributed by atoms with Gasteiger partial charge in [0, 0.05) is 19.2 Å². The lowest BCUT2D eigenvalue weighted by Gasteiger charge is -2.13. The molecule has 2 aromatic heterocycles. The molecule has 0 saturated carbocycles. The van der Waals surface area contributed by atoms with E-state index in [1.807, 2.05) is 0 Å². The molecule has 8 nitrogen and oxygen atoms in total. The summed E-state index contributed by atoms with van der Waals surface area (Å²) < 4.78 is 48.5. The molecule has 1 saturated heterocycles. The molecule has 1 aromatic carbocycles. The molecule has 1 N–H and O–H groups in total. The monoisotopic (exact) mass is 449 g/mol. The number of ether oxygens (including phenoxy) is 1. The second-order valence-corrected chi connectivity index (χ2v) is 10.7. The zero-order chi connectivity index (χ0) is 21.3. The number of nitrogens with one attached hydrogen (secondary N) is 1. The zero-order valence-electron chi connectivity index (χ0n) is 16.8. The van der Waals surface area contributed by atoms with Gasteiger partial charge in [-0.2, -0.15) is 0 Å². The van der Waals surface area contributed by atoms with Crippen LogP contribution in [0.1, 0.15) is 19.8 Å². The van der Waals surface area contributed by atoms with Crippen molar-refractivity contribution in [2.75, 3.05) is 30.5 Å². The molecular formula is C20H23N3O5S2. The Morgan fingerprint density at radius 1 is 1.27 bits per heavy atom. The summed E-state index contributed by atoms with van der Waals surface area (Å²) >= 11 is -1.16. The lowest BCUT2D eigenvalue weighted by atomic mass is 10.2. The maximum absolute atomic E-state index is 12.6. The predicted molar refractivity (Wildman–Crippen MR) is 115 cm³/mol. The Labute approximate surface area is 178 Å². The number of nitrogens with zero attached hydrogens (tertiary/aromatic N) is 2. The summed E-state index contributed by atoms with van der Waals surface area (Å²) in [5, 5.41) is 3.21. The van der Waals surface area contributed by atoms with Crippen molar-refractivity contribution in [1.29, 1.82) is 0 Å². The number of rotatable bonds is 7. The number of anilines is 1. The zero-order valence-corrected chi connectivity index (χ0v) is 18.4. The molecule has 30 heavy (non-hydrogen) atoms. The molecule has 1 fully saturated rings. The SMILES string of the molecule is CCS(=O)(=O)c1ccc(NCC2CCCO2)nc1-c1nc2cc([S+](C)[O-])ccc2o1. The summed E-state index contributed by atoms with van der Waals surface area (Å²) in [5.74, 6) is 0.564. The molecule has 0 radical (unpaired) electrons. The molecular weight excluding hydrogens is 426 g/mol. The van der Waals surface area contributed by atoms with Crippen LogP contribution in [0.2, 0.25) is 0 Å². The van der Waals surface area contributed by atoms with Crippen LogP contribution in [0.4, 0.5) is 5.82 Å². The van der Waals surface area contributed by atoms with Gasteiger partial charge in [0.2, 0.25) is 5.89 Å². The van der Waals surface area contributed by atoms with Gasteiger partial charge < -0.3 is 19.0 Å². The molecule has 2 atom stereocenters. The minimum Gasteiger partial charge on any atom is -0.612 e. The van der Waals surface area contributed by atoms with E-state index in [4.69, 9.17) is 9.15 Å². The van der Waals surface area contributed by atoms with Gasteiger partial charge in [-0.05, 0) is 48.3 Å². The van der Waals surface area contributed by atoms with Gasteiger partial charge in [0.15, 0.2) is 20.3 Å². The Balaban J connectivity index is 1.75. The lowest BCUT2D eigenvalue weighted by molar-refractivity contribution is 0.120. The Hall–Kier alpha value is -2.14. The molecule has 0 bridgehead atoms. The van der Waals surface area contributed by atoms with Crippen molar-refractivity contribution in [2.45, 2.75) is 35.7 Å². The van der Waals surface area contributed by atoms with Crippen LogP contribution < -0.4 is 5.32 Å². The fraction of sp³-hybridized carbons (Fsp3) is 0.400. The van der Waals surface area contributed by atoms with Crippen molar-refractivity contribution >= 4 is 37.9 Å². The Bertz CT molecular complexity index is 1150. The molecule has 0 amide bonds. The fourth-order valence-corrected chi connectivity index (χ4v) is 4.87. The molecule has 2 unspecified atom stereocenters. The van der Waals surface area contributed by atoms with E-state index in [9.17, 15) is 13.0 Å². The lowest BCUT2D eigenvalue weighted by Crippen LogP contribution is -2.19. The van der Waals surface area contributed by atoms with Gasteiger partial charge in [-0.1, -0.05) is 6.92 Å². The first-order chi connectivity index (χ1) is 14.4. The van der Waals surface area contributed by atoms with E-state index in [1.165, 1.54) is 6.07 Å². The fourth-order valence-electron chi connectivity index (χ4n) is 3.32. The van der Waals surface area contributed by atoms with Gasteiger partial charge >= 0.3 is 0 Å². The smallest absolute Gasteiger partial charge is 0.247 e. The van der Waals surface area contributed by atoms with Gasteiger partial charge in [-0.25, -0.2) is 18.4 Å². The molecule has 1 aliphatic heterocycles. The summed E-state index contributed by atoms with van der Waals surface area (Å²) in [6, 6.07) is 8.22. The number of hydrogen-bond acceptors (Lipinski definition) is 8. The average Bonchev–Trinajstić information content (AvgIpc) is 3.41. The van der Waals surface area contributed by atoms with E-state index in [2.05, 4.69) is 15.3 Å². The predicted octanol–water partition coefficient (Wildman–Crippen LogP) is 3.01. The standard InChI is InChI=1S/C20H23N3O5S2/c1-3-30(25,26)17-8-9-18(21-12-13-5-4-10-27-13)23-19(17)20-22-15-11-14(29(2)24)6-7-16(15)28-20/h6-9,11,13H,3-5,10,12H2,1-2H3,(H,21,23). The largest absolute Gasteiger partial charge is 0.612 e. The van der Waals surface area contributed by atoms with Gasteiger partial charge in [0.25, 0.3) is 0 Å². The van der Waals surface area contributed by atoms with Crippen molar-refractivity contribution < 1.29 is 22.1 Å². The minimum atomic E-state index is -3.55. The first-order valence-corrected chi connectivity index (χ1v) is 12.9. The molecule has 160 valence electrons. The second-order valence-electron chi connectivity index (χ2n) is 7.07. The van der Waals surface area contributed by atoms with Crippen LogP contribution in [-0.2, 0) is 25.7 Å². The second kappa shape index (κ2) is 8.54. The van der Waals surface area contributed by atoms with Gasteiger partial charge in [-0.15, -0.1) is 0 Å². The summed E-state index contributed by atoms with van der Waals surface area (Å²) in [6.45, 7) is 2.93. The minimum absolute atomic E-state index is 0.0659. The number of hydrogen-bond donors (Lipinski definition) is 1. The Kier molecular flexibility index (Phi) is 6.01. The number of pyridine rings is 1. The van der Waals surface area contributed by atoms with Crippen LogP contribution in [0.15, 0.2) is 44.5 Å². The first-order valence-electron chi connectivity index (χ1n) is 9.71. The first kappa shape index (κ1) is 21.1. The van der Waals surface area contributed by atoms with E-state index in [0.717, 1.165) is 19.4 Å². The van der Waals surface area contributed by atoms with Crippen molar-refractivity contribution in [2.24, 2.45) is 0 Å². The third kappa shape index (κ3) is 4.31. The van der Waals surface area contributed by atoms with Crippen LogP contribution in [-0.4, -0.2) is 54.2 Å². The van der Waals surface area contributed by atoms with E-state index in [0.29, 0.717) is 28.4 Å². The maximum Gasteiger partial charge on any atom is 0.247 e. The highest BCUT2D eigenvalue weighted by Gasteiger charge is 2.24. The van der Waals surface area contributed by atoms with Crippen molar-refractivity contribution in [1.82, 2.24) is 9.97 Å². The molecule has 1 aliphatic rings. The summed E-state index contributed by atoms with van der Waals surface area (Å²) in [7, 11) is -3.55. The molecule has 3 aromatic rings. The number of benzene rings is 1. The number of aromatic nitrogens is 2. The highest BCUT2D eigenvalue weighted by molar-refractivity contribution is 7.91. The Morgan fingerprint density at radius 3 is 2.80 bits per heavy atom. The van der Waals surface area contributed by atoms with Crippen molar-refractivity contribution in [3.8, 4) is 11.6 Å². The molecule has 0 spiro atoms. The molecule has 0 aliphatic carbocycles. The third-order valence-corrected chi connectivity index (χ3v) is 7.68. The van der Waals surface area contributed by atoms with Gasteiger partial charge in [-0.3, -0.25) is 0 Å². The number of fused-ring (bicyclic) bond motifs is 1. The van der Waals surface area contributed by atoms with Gasteiger partial charge in [0.1, 0.15) is 23.3 Å². The molecule has 10 heteroatoms. The maximum atomic E-state index is 12.6. The van der Waals surface area contributed by atoms with E-state index in [-0.39, 0.29) is 28.3 Å². The summed E-state index contributed by atoms with van der Waals surface area (Å²) in [4.78, 5) is 9.62. The number of oxazole rings is 1. The van der Waals surface area contributed by atoms with Crippen LogP contribution in [0.25, 0.3) is 22.7 Å². The van der Waals surface area contributed by atoms with Gasteiger partial charge in [0.05, 0.1) is 16.8 Å². The normalized spacial score (nSPS) is 18.0. The highest BCUT2D eigenvalue weighted by Crippen LogP contribution is 2.31. The topological polar surface area (TPSA) is 117 Å².